The van der Waals surface area contributed by atoms with Crippen molar-refractivity contribution >= 4 is 11.6 Å². The highest BCUT2D eigenvalue weighted by Crippen LogP contribution is 2.18. The van der Waals surface area contributed by atoms with Crippen LogP contribution in [-0.2, 0) is 7.05 Å². The minimum absolute atomic E-state index is 0.173. The maximum Gasteiger partial charge on any atom is 0.259 e. The van der Waals surface area contributed by atoms with Gasteiger partial charge in [0.05, 0.1) is 18.3 Å². The topological polar surface area (TPSA) is 72.9 Å². The third-order valence-electron chi connectivity index (χ3n) is 3.30. The summed E-state index contributed by atoms with van der Waals surface area (Å²) in [5.74, 6) is 5.58. The normalized spacial score (nSPS) is 9.90. The summed E-state index contributed by atoms with van der Waals surface area (Å²) in [7, 11) is 1.81. The molecule has 1 aromatic heterocycles. The monoisotopic (exact) mass is 282 g/mol. The minimum Gasteiger partial charge on any atom is -0.322 e. The lowest BCUT2D eigenvalue weighted by Crippen LogP contribution is -2.14. The third kappa shape index (κ3) is 3.30. The number of hydrogen-bond donors (Lipinski definition) is 2. The number of anilines is 1. The van der Waals surface area contributed by atoms with Crippen LogP contribution in [0.15, 0.2) is 24.4 Å². The van der Waals surface area contributed by atoms with E-state index < -0.39 is 0 Å². The quantitative estimate of drug-likeness (QED) is 0.822. The van der Waals surface area contributed by atoms with E-state index in [-0.39, 0.29) is 5.91 Å². The summed E-state index contributed by atoms with van der Waals surface area (Å²) in [5.41, 5.74) is 9.30. The van der Waals surface area contributed by atoms with E-state index in [9.17, 15) is 4.79 Å². The van der Waals surface area contributed by atoms with Crippen LogP contribution in [0.5, 0.6) is 0 Å². The molecule has 2 aromatic rings. The molecule has 0 aliphatic carbocycles. The Hall–Kier alpha value is -2.58. The minimum atomic E-state index is -0.173. The molecule has 2 rings (SSSR count). The van der Waals surface area contributed by atoms with Gasteiger partial charge >= 0.3 is 0 Å². The average molecular weight is 282 g/mol. The molecule has 0 unspecified atom stereocenters. The largest absolute Gasteiger partial charge is 0.322 e. The van der Waals surface area contributed by atoms with E-state index in [0.717, 1.165) is 22.5 Å². The van der Waals surface area contributed by atoms with Crippen molar-refractivity contribution in [2.75, 3.05) is 11.9 Å². The summed E-state index contributed by atoms with van der Waals surface area (Å²) in [6.07, 6.45) is 1.57. The molecule has 3 N–H and O–H groups in total. The number of carbonyl (C=O) groups excluding carboxylic acids is 1. The predicted octanol–water partition coefficient (Wildman–Crippen LogP) is 1.60. The molecule has 1 amide bonds. The van der Waals surface area contributed by atoms with Crippen molar-refractivity contribution in [2.45, 2.75) is 13.8 Å². The number of hydrogen-bond acceptors (Lipinski definition) is 3. The SMILES string of the molecule is Cc1ccc(C#CCN)cc1NC(=O)c1cnn(C)c1C. The van der Waals surface area contributed by atoms with Gasteiger partial charge in [-0.15, -0.1) is 0 Å². The van der Waals surface area contributed by atoms with Crippen LogP contribution in [0.3, 0.4) is 0 Å². The van der Waals surface area contributed by atoms with E-state index in [4.69, 9.17) is 5.73 Å². The van der Waals surface area contributed by atoms with Crippen LogP contribution in [0.1, 0.15) is 27.2 Å². The molecule has 0 aliphatic heterocycles. The molecule has 1 heterocycles. The highest BCUT2D eigenvalue weighted by Gasteiger charge is 2.13. The second-order valence-electron chi connectivity index (χ2n) is 4.76. The van der Waals surface area contributed by atoms with E-state index in [1.807, 2.05) is 32.0 Å². The number of amides is 1. The van der Waals surface area contributed by atoms with E-state index in [1.54, 1.807) is 17.9 Å². The molecule has 0 fully saturated rings. The molecule has 1 aromatic carbocycles. The Morgan fingerprint density at radius 2 is 2.19 bits per heavy atom. The molecule has 5 nitrogen and oxygen atoms in total. The van der Waals surface area contributed by atoms with Crippen molar-refractivity contribution in [1.82, 2.24) is 9.78 Å². The van der Waals surface area contributed by atoms with Gasteiger partial charge in [0.15, 0.2) is 0 Å². The molecule has 21 heavy (non-hydrogen) atoms. The Labute approximate surface area is 124 Å². The van der Waals surface area contributed by atoms with Crippen LogP contribution in [0.4, 0.5) is 5.69 Å². The first kappa shape index (κ1) is 14.8. The Morgan fingerprint density at radius 1 is 1.43 bits per heavy atom. The number of benzene rings is 1. The van der Waals surface area contributed by atoms with Gasteiger partial charge in [0, 0.05) is 24.0 Å². The molecule has 0 saturated heterocycles. The van der Waals surface area contributed by atoms with Gasteiger partial charge in [-0.05, 0) is 31.5 Å². The fraction of sp³-hybridized carbons (Fsp3) is 0.250. The van der Waals surface area contributed by atoms with Gasteiger partial charge in [0.2, 0.25) is 0 Å². The number of aryl methyl sites for hydroxylation is 2. The lowest BCUT2D eigenvalue weighted by Gasteiger charge is -2.08. The standard InChI is InChI=1S/C16H18N4O/c1-11-6-7-13(5-4-8-17)9-15(11)19-16(21)14-10-18-20(3)12(14)2/h6-7,9-10H,8,17H2,1-3H3,(H,19,21). The van der Waals surface area contributed by atoms with Crippen molar-refractivity contribution in [3.8, 4) is 11.8 Å². The van der Waals surface area contributed by atoms with E-state index in [2.05, 4.69) is 22.3 Å². The van der Waals surface area contributed by atoms with E-state index in [1.165, 1.54) is 0 Å². The highest BCUT2D eigenvalue weighted by molar-refractivity contribution is 6.05. The number of nitrogens with two attached hydrogens (primary N) is 1. The first-order valence-corrected chi connectivity index (χ1v) is 6.62. The summed E-state index contributed by atoms with van der Waals surface area (Å²) in [4.78, 5) is 12.3. The second kappa shape index (κ2) is 6.25. The van der Waals surface area contributed by atoms with Gasteiger partial charge in [-0.25, -0.2) is 0 Å². The van der Waals surface area contributed by atoms with Crippen molar-refractivity contribution < 1.29 is 4.79 Å². The number of rotatable bonds is 2. The zero-order valence-electron chi connectivity index (χ0n) is 12.4. The summed E-state index contributed by atoms with van der Waals surface area (Å²) in [6, 6.07) is 5.68. The maximum atomic E-state index is 12.3. The van der Waals surface area contributed by atoms with Crippen LogP contribution >= 0.6 is 0 Å². The lowest BCUT2D eigenvalue weighted by atomic mass is 10.1. The first-order valence-electron chi connectivity index (χ1n) is 6.62. The van der Waals surface area contributed by atoms with E-state index in [0.29, 0.717) is 12.1 Å². The highest BCUT2D eigenvalue weighted by atomic mass is 16.1. The van der Waals surface area contributed by atoms with Crippen LogP contribution in [-0.4, -0.2) is 22.2 Å². The fourth-order valence-corrected chi connectivity index (χ4v) is 1.90. The van der Waals surface area contributed by atoms with Crippen LogP contribution in [0.25, 0.3) is 0 Å². The van der Waals surface area contributed by atoms with Gasteiger partial charge in [-0.1, -0.05) is 17.9 Å². The molecule has 0 bridgehead atoms. The molecule has 108 valence electrons. The Balaban J connectivity index is 2.26. The van der Waals surface area contributed by atoms with Crippen LogP contribution in [0.2, 0.25) is 0 Å². The van der Waals surface area contributed by atoms with Crippen molar-refractivity contribution in [3.63, 3.8) is 0 Å². The molecule has 0 spiro atoms. The number of carbonyl (C=O) groups is 1. The number of nitrogens with zero attached hydrogens (tertiary/aromatic N) is 2. The number of aromatic nitrogens is 2. The predicted molar refractivity (Wildman–Crippen MR) is 83.0 cm³/mol. The lowest BCUT2D eigenvalue weighted by molar-refractivity contribution is 0.102. The van der Waals surface area contributed by atoms with Crippen molar-refractivity contribution in [1.29, 1.82) is 0 Å². The van der Waals surface area contributed by atoms with Crippen molar-refractivity contribution in [3.05, 3.63) is 46.8 Å². The smallest absolute Gasteiger partial charge is 0.259 e. The van der Waals surface area contributed by atoms with Crippen molar-refractivity contribution in [2.24, 2.45) is 12.8 Å². The Kier molecular flexibility index (Phi) is 4.41. The summed E-state index contributed by atoms with van der Waals surface area (Å²) in [5, 5.41) is 6.99. The summed E-state index contributed by atoms with van der Waals surface area (Å²) in [6.45, 7) is 4.11. The zero-order chi connectivity index (χ0) is 15.4. The van der Waals surface area contributed by atoms with Crippen LogP contribution in [0, 0.1) is 25.7 Å². The summed E-state index contributed by atoms with van der Waals surface area (Å²) >= 11 is 0. The van der Waals surface area contributed by atoms with Gasteiger partial charge in [-0.3, -0.25) is 9.48 Å². The second-order valence-corrected chi connectivity index (χ2v) is 4.76. The van der Waals surface area contributed by atoms with Gasteiger partial charge in [-0.2, -0.15) is 5.10 Å². The molecule has 5 heteroatoms. The van der Waals surface area contributed by atoms with E-state index >= 15 is 0 Å². The van der Waals surface area contributed by atoms with Gasteiger partial charge in [0.25, 0.3) is 5.91 Å². The molecular formula is C16H18N4O. The Morgan fingerprint density at radius 3 is 2.81 bits per heavy atom. The summed E-state index contributed by atoms with van der Waals surface area (Å²) < 4.78 is 1.67. The Bertz CT molecular complexity index is 734. The number of nitrogens with one attached hydrogen (secondary N) is 1. The molecule has 0 saturated carbocycles. The zero-order valence-corrected chi connectivity index (χ0v) is 12.4. The average Bonchev–Trinajstić information content (AvgIpc) is 2.80. The third-order valence-corrected chi connectivity index (χ3v) is 3.30. The van der Waals surface area contributed by atoms with Gasteiger partial charge in [0.1, 0.15) is 0 Å². The molecule has 0 atom stereocenters. The van der Waals surface area contributed by atoms with Crippen LogP contribution < -0.4 is 11.1 Å². The molecular weight excluding hydrogens is 264 g/mol. The van der Waals surface area contributed by atoms with Gasteiger partial charge < -0.3 is 11.1 Å². The fourth-order valence-electron chi connectivity index (χ4n) is 1.90. The molecule has 0 aliphatic rings. The first-order chi connectivity index (χ1) is 10.0. The molecule has 0 radical (unpaired) electrons. The maximum absolute atomic E-state index is 12.3.